The van der Waals surface area contributed by atoms with E-state index >= 15 is 0 Å². The van der Waals surface area contributed by atoms with Crippen molar-refractivity contribution >= 4 is 28.8 Å². The van der Waals surface area contributed by atoms with E-state index in [1.807, 2.05) is 84.9 Å². The number of primary amides is 1. The highest BCUT2D eigenvalue weighted by Gasteiger charge is 2.27. The maximum absolute atomic E-state index is 13.3. The van der Waals surface area contributed by atoms with Crippen molar-refractivity contribution in [3.63, 3.8) is 0 Å². The van der Waals surface area contributed by atoms with Gasteiger partial charge < -0.3 is 26.1 Å². The summed E-state index contributed by atoms with van der Waals surface area (Å²) in [6.45, 7) is 0.0663. The molecule has 5 N–H and O–H groups in total. The van der Waals surface area contributed by atoms with Gasteiger partial charge in [0.15, 0.2) is 0 Å². The van der Waals surface area contributed by atoms with Crippen molar-refractivity contribution < 1.29 is 19.1 Å². The highest BCUT2D eigenvalue weighted by molar-refractivity contribution is 5.92. The van der Waals surface area contributed by atoms with E-state index in [0.717, 1.165) is 27.6 Å². The normalized spacial score (nSPS) is 12.4. The Bertz CT molecular complexity index is 1320. The molecule has 0 aliphatic carbocycles. The number of alkyl carbamates (subject to hydrolysis) is 1. The van der Waals surface area contributed by atoms with Gasteiger partial charge in [-0.1, -0.05) is 78.9 Å². The third-order valence-corrected chi connectivity index (χ3v) is 5.86. The Hall–Kier alpha value is -4.59. The topological polar surface area (TPSA) is 126 Å². The number of benzene rings is 3. The molecule has 0 radical (unpaired) electrons. The fraction of sp³-hybridized carbons (Fsp3) is 0.179. The van der Waals surface area contributed by atoms with Gasteiger partial charge in [0.05, 0.1) is 0 Å². The molecule has 1 heterocycles. The summed E-state index contributed by atoms with van der Waals surface area (Å²) in [4.78, 5) is 41.2. The predicted octanol–water partition coefficient (Wildman–Crippen LogP) is 3.22. The molecular formula is C28H28N4O4. The average Bonchev–Trinajstić information content (AvgIpc) is 3.30. The molecule has 4 aromatic rings. The number of hydrogen-bond donors (Lipinski definition) is 4. The van der Waals surface area contributed by atoms with Gasteiger partial charge in [0.25, 0.3) is 0 Å². The van der Waals surface area contributed by atoms with Crippen LogP contribution in [0.25, 0.3) is 10.9 Å². The second-order valence-corrected chi connectivity index (χ2v) is 8.48. The Kier molecular flexibility index (Phi) is 7.97. The first-order chi connectivity index (χ1) is 17.5. The Labute approximate surface area is 208 Å². The minimum Gasteiger partial charge on any atom is -0.445 e. The SMILES string of the molecule is NC(=O)[C@H](Cc1c[nH]c2ccccc12)NC(=O)[C@H](Cc1ccccc1)NC(=O)OCc1ccccc1. The van der Waals surface area contributed by atoms with E-state index in [1.54, 1.807) is 6.20 Å². The summed E-state index contributed by atoms with van der Waals surface area (Å²) in [5, 5.41) is 6.30. The standard InChI is InChI=1S/C28H28N4O4/c29-26(33)24(16-21-17-30-23-14-8-7-13-22(21)23)31-27(34)25(15-19-9-3-1-4-10-19)32-28(35)36-18-20-11-5-2-6-12-20/h1-14,17,24-25,30H,15-16,18H2,(H2,29,33)(H,31,34)(H,32,35)/t24-,25-/m0/s1. The number of para-hydroxylation sites is 1. The molecule has 0 fully saturated rings. The summed E-state index contributed by atoms with van der Waals surface area (Å²) in [5.41, 5.74) is 9.07. The molecule has 0 saturated heterocycles. The van der Waals surface area contributed by atoms with Gasteiger partial charge in [0.1, 0.15) is 18.7 Å². The van der Waals surface area contributed by atoms with Crippen LogP contribution in [0.3, 0.4) is 0 Å². The van der Waals surface area contributed by atoms with Crippen molar-refractivity contribution in [3.8, 4) is 0 Å². The van der Waals surface area contributed by atoms with Crippen LogP contribution in [0, 0.1) is 0 Å². The molecule has 0 saturated carbocycles. The number of nitrogens with one attached hydrogen (secondary N) is 3. The molecule has 8 nitrogen and oxygen atoms in total. The first kappa shape index (κ1) is 24.5. The van der Waals surface area contributed by atoms with Crippen molar-refractivity contribution in [2.45, 2.75) is 31.5 Å². The number of ether oxygens (including phenoxy) is 1. The molecule has 8 heteroatoms. The van der Waals surface area contributed by atoms with Crippen LogP contribution in [0.15, 0.2) is 91.1 Å². The van der Waals surface area contributed by atoms with Crippen molar-refractivity contribution in [1.82, 2.24) is 15.6 Å². The van der Waals surface area contributed by atoms with Crippen LogP contribution in [0.5, 0.6) is 0 Å². The summed E-state index contributed by atoms with van der Waals surface area (Å²) in [7, 11) is 0. The number of nitrogens with two attached hydrogens (primary N) is 1. The van der Waals surface area contributed by atoms with Gasteiger partial charge in [-0.3, -0.25) is 9.59 Å². The highest BCUT2D eigenvalue weighted by atomic mass is 16.5. The van der Waals surface area contributed by atoms with E-state index in [1.165, 1.54) is 0 Å². The largest absolute Gasteiger partial charge is 0.445 e. The number of aromatic amines is 1. The molecule has 1 aromatic heterocycles. The summed E-state index contributed by atoms with van der Waals surface area (Å²) in [6, 6.07) is 24.3. The van der Waals surface area contributed by atoms with Crippen molar-refractivity contribution in [2.24, 2.45) is 5.73 Å². The summed E-state index contributed by atoms with van der Waals surface area (Å²) in [5.74, 6) is -1.20. The first-order valence-corrected chi connectivity index (χ1v) is 11.7. The number of carbonyl (C=O) groups excluding carboxylic acids is 3. The van der Waals surface area contributed by atoms with Crippen LogP contribution in [-0.2, 0) is 33.8 Å². The number of hydrogen-bond acceptors (Lipinski definition) is 4. The maximum Gasteiger partial charge on any atom is 0.408 e. The molecule has 0 unspecified atom stereocenters. The van der Waals surface area contributed by atoms with E-state index in [-0.39, 0.29) is 19.4 Å². The fourth-order valence-electron chi connectivity index (χ4n) is 3.98. The second kappa shape index (κ2) is 11.7. The van der Waals surface area contributed by atoms with Gasteiger partial charge >= 0.3 is 6.09 Å². The number of carbonyl (C=O) groups is 3. The first-order valence-electron chi connectivity index (χ1n) is 11.7. The van der Waals surface area contributed by atoms with Crippen molar-refractivity contribution in [3.05, 3.63) is 108 Å². The van der Waals surface area contributed by atoms with Crippen LogP contribution in [0.4, 0.5) is 4.79 Å². The molecule has 2 atom stereocenters. The molecule has 184 valence electrons. The minimum atomic E-state index is -0.972. The van der Waals surface area contributed by atoms with Crippen LogP contribution in [0.1, 0.15) is 16.7 Å². The molecule has 0 bridgehead atoms. The summed E-state index contributed by atoms with van der Waals surface area (Å²) in [6.07, 6.45) is 1.49. The molecule has 3 amide bonds. The van der Waals surface area contributed by atoms with Gasteiger partial charge in [0, 0.05) is 29.9 Å². The Balaban J connectivity index is 1.46. The van der Waals surface area contributed by atoms with E-state index in [0.29, 0.717) is 0 Å². The Morgan fingerprint density at radius 2 is 1.42 bits per heavy atom. The molecule has 0 aliphatic heterocycles. The lowest BCUT2D eigenvalue weighted by atomic mass is 10.0. The highest BCUT2D eigenvalue weighted by Crippen LogP contribution is 2.19. The predicted molar refractivity (Wildman–Crippen MR) is 137 cm³/mol. The van der Waals surface area contributed by atoms with Gasteiger partial charge in [0.2, 0.25) is 11.8 Å². The van der Waals surface area contributed by atoms with Gasteiger partial charge in [-0.2, -0.15) is 0 Å². The zero-order chi connectivity index (χ0) is 25.3. The smallest absolute Gasteiger partial charge is 0.408 e. The summed E-state index contributed by atoms with van der Waals surface area (Å²) >= 11 is 0. The number of amides is 3. The number of aromatic nitrogens is 1. The molecular weight excluding hydrogens is 456 g/mol. The van der Waals surface area contributed by atoms with E-state index in [9.17, 15) is 14.4 Å². The third-order valence-electron chi connectivity index (χ3n) is 5.86. The van der Waals surface area contributed by atoms with Crippen LogP contribution in [0.2, 0.25) is 0 Å². The lowest BCUT2D eigenvalue weighted by Gasteiger charge is -2.22. The second-order valence-electron chi connectivity index (χ2n) is 8.48. The lowest BCUT2D eigenvalue weighted by molar-refractivity contribution is -0.128. The molecule has 0 aliphatic rings. The van der Waals surface area contributed by atoms with E-state index < -0.39 is 30.0 Å². The van der Waals surface area contributed by atoms with Crippen molar-refractivity contribution in [1.29, 1.82) is 0 Å². The van der Waals surface area contributed by atoms with Gasteiger partial charge in [-0.25, -0.2) is 4.79 Å². The summed E-state index contributed by atoms with van der Waals surface area (Å²) < 4.78 is 5.31. The van der Waals surface area contributed by atoms with E-state index in [2.05, 4.69) is 15.6 Å². The van der Waals surface area contributed by atoms with Crippen LogP contribution < -0.4 is 16.4 Å². The molecule has 3 aromatic carbocycles. The van der Waals surface area contributed by atoms with Gasteiger partial charge in [-0.15, -0.1) is 0 Å². The Morgan fingerprint density at radius 1 is 0.778 bits per heavy atom. The zero-order valence-electron chi connectivity index (χ0n) is 19.6. The fourth-order valence-corrected chi connectivity index (χ4v) is 3.98. The molecule has 36 heavy (non-hydrogen) atoms. The van der Waals surface area contributed by atoms with Crippen LogP contribution in [-0.4, -0.2) is 35.0 Å². The zero-order valence-corrected chi connectivity index (χ0v) is 19.6. The number of fused-ring (bicyclic) bond motifs is 1. The molecule has 0 spiro atoms. The Morgan fingerprint density at radius 3 is 2.11 bits per heavy atom. The quantitative estimate of drug-likeness (QED) is 0.276. The monoisotopic (exact) mass is 484 g/mol. The minimum absolute atomic E-state index is 0.0663. The number of H-pyrrole nitrogens is 1. The van der Waals surface area contributed by atoms with E-state index in [4.69, 9.17) is 10.5 Å². The van der Waals surface area contributed by atoms with Crippen LogP contribution >= 0.6 is 0 Å². The lowest BCUT2D eigenvalue weighted by Crippen LogP contribution is -2.54. The average molecular weight is 485 g/mol. The number of rotatable bonds is 10. The third kappa shape index (κ3) is 6.50. The molecule has 4 rings (SSSR count). The van der Waals surface area contributed by atoms with Gasteiger partial charge in [-0.05, 0) is 22.8 Å². The van der Waals surface area contributed by atoms with Crippen molar-refractivity contribution in [2.75, 3.05) is 0 Å². The maximum atomic E-state index is 13.3.